The summed E-state index contributed by atoms with van der Waals surface area (Å²) in [5.74, 6) is -1.29. The Bertz CT molecular complexity index is 422. The van der Waals surface area contributed by atoms with Crippen LogP contribution in [0.2, 0.25) is 0 Å². The van der Waals surface area contributed by atoms with E-state index < -0.39 is 12.1 Å². The molecule has 2 saturated heterocycles. The van der Waals surface area contributed by atoms with Crippen molar-refractivity contribution in [3.8, 4) is 0 Å². The maximum atomic E-state index is 11.5. The summed E-state index contributed by atoms with van der Waals surface area (Å²) in [5.41, 5.74) is 0. The van der Waals surface area contributed by atoms with E-state index in [2.05, 4.69) is 10.6 Å². The number of amides is 4. The molecule has 2 atom stereocenters. The Morgan fingerprint density at radius 2 is 1.20 bits per heavy atom. The molecule has 0 saturated carbocycles. The third-order valence-corrected chi connectivity index (χ3v) is 3.75. The van der Waals surface area contributed by atoms with Gasteiger partial charge in [-0.3, -0.25) is 39.6 Å². The van der Waals surface area contributed by atoms with Crippen LogP contribution in [0, 0.1) is 0 Å². The van der Waals surface area contributed by atoms with Crippen molar-refractivity contribution in [2.75, 3.05) is 26.2 Å². The topological polar surface area (TPSA) is 98.8 Å². The lowest BCUT2D eigenvalue weighted by Crippen LogP contribution is -2.61. The molecule has 2 unspecified atom stereocenters. The molecular formula is C12H18N4O4. The third kappa shape index (κ3) is 3.02. The van der Waals surface area contributed by atoms with Crippen molar-refractivity contribution >= 4 is 23.6 Å². The van der Waals surface area contributed by atoms with E-state index in [1.165, 1.54) is 0 Å². The standard InChI is InChI=1S/C12H18N4O4/c1-7-11(19)13-9(17)5-15(7)3-4-16-6-10(18)14-12(20)8(16)2/h7-8H,3-6H2,1-2H3,(H,13,17,19)(H,14,18,20). The van der Waals surface area contributed by atoms with Gasteiger partial charge in [-0.05, 0) is 13.8 Å². The van der Waals surface area contributed by atoms with E-state index in [1.807, 2.05) is 0 Å². The fraction of sp³-hybridized carbons (Fsp3) is 0.667. The Morgan fingerprint density at radius 3 is 1.55 bits per heavy atom. The molecule has 2 fully saturated rings. The lowest BCUT2D eigenvalue weighted by molar-refractivity contribution is -0.143. The van der Waals surface area contributed by atoms with Crippen molar-refractivity contribution in [3.63, 3.8) is 0 Å². The maximum Gasteiger partial charge on any atom is 0.243 e. The fourth-order valence-corrected chi connectivity index (χ4v) is 2.34. The Kier molecular flexibility index (Phi) is 4.15. The number of hydrogen-bond acceptors (Lipinski definition) is 6. The van der Waals surface area contributed by atoms with Gasteiger partial charge in [-0.15, -0.1) is 0 Å². The summed E-state index contributed by atoms with van der Waals surface area (Å²) in [6.07, 6.45) is 0. The smallest absolute Gasteiger partial charge is 0.243 e. The Labute approximate surface area is 116 Å². The average molecular weight is 282 g/mol. The molecule has 0 aromatic carbocycles. The van der Waals surface area contributed by atoms with Crippen LogP contribution in [0.5, 0.6) is 0 Å². The summed E-state index contributed by atoms with van der Waals surface area (Å²) < 4.78 is 0. The van der Waals surface area contributed by atoms with Crippen LogP contribution in [0.3, 0.4) is 0 Å². The van der Waals surface area contributed by atoms with E-state index in [0.29, 0.717) is 13.1 Å². The third-order valence-electron chi connectivity index (χ3n) is 3.75. The summed E-state index contributed by atoms with van der Waals surface area (Å²) in [4.78, 5) is 49.2. The molecule has 2 rings (SSSR count). The molecule has 0 aromatic heterocycles. The minimum Gasteiger partial charge on any atom is -0.294 e. The molecule has 2 N–H and O–H groups in total. The quantitative estimate of drug-likeness (QED) is 0.564. The Morgan fingerprint density at radius 1 is 0.850 bits per heavy atom. The van der Waals surface area contributed by atoms with E-state index in [0.717, 1.165) is 0 Å². The average Bonchev–Trinajstić information content (AvgIpc) is 2.37. The molecule has 2 aliphatic heterocycles. The summed E-state index contributed by atoms with van der Waals surface area (Å²) in [7, 11) is 0. The Balaban J connectivity index is 1.93. The number of hydrogen-bond donors (Lipinski definition) is 2. The summed E-state index contributed by atoms with van der Waals surface area (Å²) in [6.45, 7) is 4.64. The number of imide groups is 2. The number of piperazine rings is 2. The second-order valence-electron chi connectivity index (χ2n) is 5.12. The normalized spacial score (nSPS) is 29.3. The van der Waals surface area contributed by atoms with Crippen molar-refractivity contribution in [2.24, 2.45) is 0 Å². The molecular weight excluding hydrogens is 264 g/mol. The predicted octanol–water partition coefficient (Wildman–Crippen LogP) is -2.32. The van der Waals surface area contributed by atoms with Gasteiger partial charge in [-0.2, -0.15) is 0 Å². The van der Waals surface area contributed by atoms with Crippen molar-refractivity contribution in [1.29, 1.82) is 0 Å². The molecule has 2 aliphatic rings. The lowest BCUT2D eigenvalue weighted by Gasteiger charge is -2.36. The molecule has 0 radical (unpaired) electrons. The van der Waals surface area contributed by atoms with E-state index >= 15 is 0 Å². The zero-order valence-corrected chi connectivity index (χ0v) is 11.5. The minimum atomic E-state index is -0.391. The summed E-state index contributed by atoms with van der Waals surface area (Å²) in [6, 6.07) is -0.783. The van der Waals surface area contributed by atoms with Gasteiger partial charge in [0.05, 0.1) is 25.2 Å². The fourth-order valence-electron chi connectivity index (χ4n) is 2.34. The second kappa shape index (κ2) is 5.68. The highest BCUT2D eigenvalue weighted by atomic mass is 16.2. The van der Waals surface area contributed by atoms with Gasteiger partial charge >= 0.3 is 0 Å². The molecule has 0 aliphatic carbocycles. The first kappa shape index (κ1) is 14.6. The highest BCUT2D eigenvalue weighted by molar-refractivity contribution is 6.01. The largest absolute Gasteiger partial charge is 0.294 e. The number of carbonyl (C=O) groups excluding carboxylic acids is 4. The van der Waals surface area contributed by atoms with Gasteiger partial charge in [-0.25, -0.2) is 0 Å². The molecule has 2 heterocycles. The van der Waals surface area contributed by atoms with Crippen LogP contribution in [0.25, 0.3) is 0 Å². The highest BCUT2D eigenvalue weighted by Crippen LogP contribution is 2.08. The first-order chi connectivity index (χ1) is 9.38. The van der Waals surface area contributed by atoms with Crippen molar-refractivity contribution in [1.82, 2.24) is 20.4 Å². The molecule has 20 heavy (non-hydrogen) atoms. The number of rotatable bonds is 3. The maximum absolute atomic E-state index is 11.5. The zero-order chi connectivity index (χ0) is 14.9. The molecule has 8 nitrogen and oxygen atoms in total. The Hall–Kier alpha value is -1.80. The van der Waals surface area contributed by atoms with Crippen LogP contribution in [0.15, 0.2) is 0 Å². The van der Waals surface area contributed by atoms with Crippen molar-refractivity contribution in [2.45, 2.75) is 25.9 Å². The molecule has 0 spiro atoms. The first-order valence-corrected chi connectivity index (χ1v) is 6.54. The van der Waals surface area contributed by atoms with Crippen molar-refractivity contribution in [3.05, 3.63) is 0 Å². The van der Waals surface area contributed by atoms with Gasteiger partial charge < -0.3 is 0 Å². The summed E-state index contributed by atoms with van der Waals surface area (Å²) in [5, 5.41) is 4.54. The molecule has 0 aromatic rings. The van der Waals surface area contributed by atoms with E-state index in [4.69, 9.17) is 0 Å². The number of nitrogens with one attached hydrogen (secondary N) is 2. The predicted molar refractivity (Wildman–Crippen MR) is 68.4 cm³/mol. The van der Waals surface area contributed by atoms with Gasteiger partial charge in [0.2, 0.25) is 23.6 Å². The van der Waals surface area contributed by atoms with Crippen molar-refractivity contribution < 1.29 is 19.2 Å². The van der Waals surface area contributed by atoms with Gasteiger partial charge in [0.1, 0.15) is 0 Å². The van der Waals surface area contributed by atoms with Crippen LogP contribution in [0.4, 0.5) is 0 Å². The van der Waals surface area contributed by atoms with Crippen LogP contribution < -0.4 is 10.6 Å². The van der Waals surface area contributed by atoms with E-state index in [9.17, 15) is 19.2 Å². The number of carbonyl (C=O) groups is 4. The molecule has 4 amide bonds. The molecule has 8 heteroatoms. The van der Waals surface area contributed by atoms with E-state index in [-0.39, 0.29) is 36.7 Å². The second-order valence-corrected chi connectivity index (χ2v) is 5.12. The zero-order valence-electron chi connectivity index (χ0n) is 11.5. The van der Waals surface area contributed by atoms with E-state index in [1.54, 1.807) is 23.6 Å². The lowest BCUT2D eigenvalue weighted by atomic mass is 10.1. The van der Waals surface area contributed by atoms with Crippen LogP contribution in [0.1, 0.15) is 13.8 Å². The van der Waals surface area contributed by atoms with Crippen LogP contribution in [-0.2, 0) is 19.2 Å². The number of nitrogens with zero attached hydrogens (tertiary/aromatic N) is 2. The SMILES string of the molecule is CC1C(=O)NC(=O)CN1CCN1CC(=O)NC(=O)C1C. The van der Waals surface area contributed by atoms with Gasteiger partial charge in [0, 0.05) is 13.1 Å². The minimum absolute atomic E-state index is 0.148. The molecule has 110 valence electrons. The monoisotopic (exact) mass is 282 g/mol. The summed E-state index contributed by atoms with van der Waals surface area (Å²) >= 11 is 0. The van der Waals surface area contributed by atoms with Gasteiger partial charge in [-0.1, -0.05) is 0 Å². The molecule has 0 bridgehead atoms. The van der Waals surface area contributed by atoms with Gasteiger partial charge in [0.25, 0.3) is 0 Å². The van der Waals surface area contributed by atoms with Crippen LogP contribution >= 0.6 is 0 Å². The highest BCUT2D eigenvalue weighted by Gasteiger charge is 2.33. The van der Waals surface area contributed by atoms with Crippen LogP contribution in [-0.4, -0.2) is 71.7 Å². The first-order valence-electron chi connectivity index (χ1n) is 6.54. The van der Waals surface area contributed by atoms with Gasteiger partial charge in [0.15, 0.2) is 0 Å².